The largest absolute Gasteiger partial charge is 0.451 e. The topological polar surface area (TPSA) is 107 Å². The number of allylic oxidation sites excluding steroid dienone is 1. The first-order valence-electron chi connectivity index (χ1n) is 11.3. The molecule has 0 radical (unpaired) electrons. The maximum absolute atomic E-state index is 15.1. The standard InChI is InChI=1S/C25H21F6N5O3/c1-12(35-39-13(2)25(29,30)31)16-6-4-15(5-7-16)11-36-21-8-17(22-34-33-14(3)38-22)19(26)9-18(21)24(27,28)10-20(32)23(36)37/h4-9,20H,2,10-11,32H2,1,3H3/b35-12+. The third kappa shape index (κ3) is 5.79. The van der Waals surface area contributed by atoms with Gasteiger partial charge in [-0.15, -0.1) is 10.2 Å². The molecule has 4 rings (SSSR count). The molecule has 1 aliphatic heterocycles. The SMILES string of the molecule is C=C(O/N=C(\C)c1ccc(CN2C(=O)C(N)CC(F)(F)c3cc(F)c(-c4nnc(C)o4)cc32)cc1)C(F)(F)F. The summed E-state index contributed by atoms with van der Waals surface area (Å²) in [5.74, 6) is -7.13. The van der Waals surface area contributed by atoms with Gasteiger partial charge >= 0.3 is 6.18 Å². The number of hydrogen-bond acceptors (Lipinski definition) is 7. The molecule has 1 aliphatic rings. The molecule has 0 aliphatic carbocycles. The van der Waals surface area contributed by atoms with Crippen molar-refractivity contribution >= 4 is 17.3 Å². The second-order valence-corrected chi connectivity index (χ2v) is 8.80. The molecule has 0 saturated heterocycles. The molecule has 2 aromatic carbocycles. The van der Waals surface area contributed by atoms with Crippen LogP contribution in [0.5, 0.6) is 0 Å². The van der Waals surface area contributed by atoms with Crippen LogP contribution in [-0.4, -0.2) is 34.0 Å². The molecule has 8 nitrogen and oxygen atoms in total. The van der Waals surface area contributed by atoms with Crippen LogP contribution in [0.3, 0.4) is 0 Å². The number of rotatable bonds is 6. The maximum atomic E-state index is 15.1. The van der Waals surface area contributed by atoms with Crippen LogP contribution in [0.2, 0.25) is 0 Å². The van der Waals surface area contributed by atoms with E-state index in [1.54, 1.807) is 0 Å². The van der Waals surface area contributed by atoms with Crippen LogP contribution in [0.1, 0.15) is 35.9 Å². The van der Waals surface area contributed by atoms with E-state index in [0.29, 0.717) is 17.2 Å². The summed E-state index contributed by atoms with van der Waals surface area (Å²) in [5, 5.41) is 10.8. The van der Waals surface area contributed by atoms with Gasteiger partial charge in [-0.25, -0.2) is 13.2 Å². The Bertz CT molecular complexity index is 1450. The number of carbonyl (C=O) groups excluding carboxylic acids is 1. The lowest BCUT2D eigenvalue weighted by Crippen LogP contribution is -2.43. The van der Waals surface area contributed by atoms with Crippen molar-refractivity contribution in [2.45, 2.75) is 45.0 Å². The predicted octanol–water partition coefficient (Wildman–Crippen LogP) is 5.36. The molecule has 0 fully saturated rings. The highest BCUT2D eigenvalue weighted by molar-refractivity contribution is 6.00. The number of alkyl halides is 5. The minimum atomic E-state index is -4.77. The third-order valence-electron chi connectivity index (χ3n) is 5.91. The molecule has 3 aromatic rings. The van der Waals surface area contributed by atoms with E-state index in [1.807, 2.05) is 0 Å². The number of carbonyl (C=O) groups is 1. The van der Waals surface area contributed by atoms with Gasteiger partial charge in [-0.1, -0.05) is 29.4 Å². The Morgan fingerprint density at radius 2 is 1.92 bits per heavy atom. The van der Waals surface area contributed by atoms with E-state index in [-0.39, 0.29) is 35.3 Å². The molecular weight excluding hydrogens is 532 g/mol. The fourth-order valence-corrected chi connectivity index (χ4v) is 3.86. The number of amides is 1. The van der Waals surface area contributed by atoms with E-state index in [2.05, 4.69) is 26.8 Å². The molecule has 39 heavy (non-hydrogen) atoms. The number of anilines is 1. The fourth-order valence-electron chi connectivity index (χ4n) is 3.86. The van der Waals surface area contributed by atoms with Crippen molar-refractivity contribution in [3.63, 3.8) is 0 Å². The zero-order chi connectivity index (χ0) is 28.7. The molecule has 1 amide bonds. The third-order valence-corrected chi connectivity index (χ3v) is 5.91. The van der Waals surface area contributed by atoms with Gasteiger partial charge in [0.15, 0.2) is 0 Å². The second kappa shape index (κ2) is 10.2. The van der Waals surface area contributed by atoms with Crippen molar-refractivity contribution in [1.29, 1.82) is 0 Å². The maximum Gasteiger partial charge on any atom is 0.451 e. The quantitative estimate of drug-likeness (QED) is 0.191. The number of fused-ring (bicyclic) bond motifs is 1. The van der Waals surface area contributed by atoms with Gasteiger partial charge in [0.25, 0.3) is 11.8 Å². The monoisotopic (exact) mass is 553 g/mol. The highest BCUT2D eigenvalue weighted by Gasteiger charge is 2.45. The molecule has 0 spiro atoms. The Kier molecular flexibility index (Phi) is 7.25. The van der Waals surface area contributed by atoms with Crippen molar-refractivity contribution in [3.8, 4) is 11.5 Å². The molecule has 14 heteroatoms. The molecule has 2 N–H and O–H groups in total. The normalized spacial score (nSPS) is 17.6. The average Bonchev–Trinajstić information content (AvgIpc) is 3.28. The summed E-state index contributed by atoms with van der Waals surface area (Å²) < 4.78 is 88.0. The van der Waals surface area contributed by atoms with Gasteiger partial charge in [0.1, 0.15) is 5.82 Å². The van der Waals surface area contributed by atoms with E-state index < -0.39 is 47.6 Å². The minimum Gasteiger partial charge on any atom is -0.421 e. The smallest absolute Gasteiger partial charge is 0.421 e. The van der Waals surface area contributed by atoms with Crippen LogP contribution in [0.15, 0.2) is 58.3 Å². The average molecular weight is 553 g/mol. The highest BCUT2D eigenvalue weighted by Crippen LogP contribution is 2.44. The zero-order valence-electron chi connectivity index (χ0n) is 20.5. The van der Waals surface area contributed by atoms with Gasteiger partial charge in [-0.2, -0.15) is 13.2 Å². The van der Waals surface area contributed by atoms with E-state index >= 15 is 8.78 Å². The van der Waals surface area contributed by atoms with Gasteiger partial charge in [0.05, 0.1) is 29.5 Å². The van der Waals surface area contributed by atoms with Gasteiger partial charge in [-0.05, 0) is 36.8 Å². The summed E-state index contributed by atoms with van der Waals surface area (Å²) in [5.41, 5.74) is 5.43. The molecule has 1 atom stereocenters. The molecule has 0 bridgehead atoms. The van der Waals surface area contributed by atoms with Crippen LogP contribution in [0.25, 0.3) is 11.5 Å². The molecule has 0 saturated carbocycles. The number of halogens is 6. The zero-order valence-corrected chi connectivity index (χ0v) is 20.5. The Morgan fingerprint density at radius 3 is 2.51 bits per heavy atom. The number of benzene rings is 2. The number of nitrogens with zero attached hydrogens (tertiary/aromatic N) is 4. The van der Waals surface area contributed by atoms with Crippen molar-refractivity contribution in [1.82, 2.24) is 10.2 Å². The Hall–Kier alpha value is -4.20. The first-order valence-corrected chi connectivity index (χ1v) is 11.3. The van der Waals surface area contributed by atoms with Gasteiger partial charge in [-0.3, -0.25) is 4.79 Å². The van der Waals surface area contributed by atoms with Crippen molar-refractivity contribution < 1.29 is 40.4 Å². The summed E-state index contributed by atoms with van der Waals surface area (Å²) in [6.45, 7) is 5.40. The summed E-state index contributed by atoms with van der Waals surface area (Å²) in [6.07, 6.45) is -5.81. The molecule has 206 valence electrons. The number of aryl methyl sites for hydroxylation is 1. The van der Waals surface area contributed by atoms with Gasteiger partial charge in [0, 0.05) is 18.9 Å². The van der Waals surface area contributed by atoms with Crippen LogP contribution in [0, 0.1) is 12.7 Å². The minimum absolute atomic E-state index is 0.0970. The van der Waals surface area contributed by atoms with Gasteiger partial charge in [0.2, 0.25) is 17.6 Å². The van der Waals surface area contributed by atoms with Crippen LogP contribution in [-0.2, 0) is 22.1 Å². The molecular formula is C25H21F6N5O3. The first kappa shape index (κ1) is 27.8. The van der Waals surface area contributed by atoms with E-state index in [0.717, 1.165) is 11.0 Å². The lowest BCUT2D eigenvalue weighted by Gasteiger charge is -2.25. The lowest BCUT2D eigenvalue weighted by molar-refractivity contribution is -0.130. The number of oxime groups is 1. The number of nitrogens with two attached hydrogens (primary N) is 1. The molecule has 1 aromatic heterocycles. The summed E-state index contributed by atoms with van der Waals surface area (Å²) in [6, 6.07) is 6.08. The van der Waals surface area contributed by atoms with E-state index in [9.17, 15) is 22.4 Å². The number of aromatic nitrogens is 2. The lowest BCUT2D eigenvalue weighted by atomic mass is 9.99. The predicted molar refractivity (Wildman–Crippen MR) is 127 cm³/mol. The number of hydrogen-bond donors (Lipinski definition) is 1. The Morgan fingerprint density at radius 1 is 1.26 bits per heavy atom. The summed E-state index contributed by atoms with van der Waals surface area (Å²) in [7, 11) is 0. The van der Waals surface area contributed by atoms with Crippen LogP contribution in [0.4, 0.5) is 32.0 Å². The summed E-state index contributed by atoms with van der Waals surface area (Å²) in [4.78, 5) is 18.5. The van der Waals surface area contributed by atoms with Crippen LogP contribution < -0.4 is 10.6 Å². The van der Waals surface area contributed by atoms with Crippen LogP contribution >= 0.6 is 0 Å². The molecule has 2 heterocycles. The Labute approximate surface area is 217 Å². The van der Waals surface area contributed by atoms with Crippen molar-refractivity contribution in [3.05, 3.63) is 77.1 Å². The molecule has 1 unspecified atom stereocenters. The first-order chi connectivity index (χ1) is 18.2. The highest BCUT2D eigenvalue weighted by atomic mass is 19.4. The van der Waals surface area contributed by atoms with Gasteiger partial charge < -0.3 is 19.9 Å². The van der Waals surface area contributed by atoms with Crippen molar-refractivity contribution in [2.75, 3.05) is 4.90 Å². The van der Waals surface area contributed by atoms with E-state index in [4.69, 9.17) is 10.2 Å². The second-order valence-electron chi connectivity index (χ2n) is 8.80. The Balaban J connectivity index is 1.68. The van der Waals surface area contributed by atoms with Crippen molar-refractivity contribution in [2.24, 2.45) is 10.9 Å². The van der Waals surface area contributed by atoms with E-state index in [1.165, 1.54) is 38.1 Å². The summed E-state index contributed by atoms with van der Waals surface area (Å²) >= 11 is 0. The fraction of sp³-hybridized carbons (Fsp3) is 0.280.